The van der Waals surface area contributed by atoms with Crippen LogP contribution in [0.2, 0.25) is 0 Å². The van der Waals surface area contributed by atoms with Gasteiger partial charge in [0.05, 0.1) is 13.7 Å². The van der Waals surface area contributed by atoms with Crippen molar-refractivity contribution in [1.29, 1.82) is 0 Å². The van der Waals surface area contributed by atoms with E-state index in [1.165, 1.54) is 64.9 Å². The van der Waals surface area contributed by atoms with E-state index in [1.807, 2.05) is 0 Å². The van der Waals surface area contributed by atoms with Crippen molar-refractivity contribution in [3.63, 3.8) is 0 Å². The van der Waals surface area contributed by atoms with Gasteiger partial charge in [-0.2, -0.15) is 0 Å². The van der Waals surface area contributed by atoms with Crippen LogP contribution >= 0.6 is 0 Å². The molecular formula is C34H64N4O6. The fourth-order valence-corrected chi connectivity index (χ4v) is 5.00. The summed E-state index contributed by atoms with van der Waals surface area (Å²) in [6.07, 6.45) is 18.0. The molecule has 4 N–H and O–H groups in total. The minimum atomic E-state index is -0.802. The first-order chi connectivity index (χ1) is 21.1. The van der Waals surface area contributed by atoms with Gasteiger partial charge in [-0.15, -0.1) is 0 Å². The molecule has 0 aromatic rings. The van der Waals surface area contributed by atoms with Crippen molar-refractivity contribution in [3.8, 4) is 0 Å². The second-order valence-electron chi connectivity index (χ2n) is 12.3. The third kappa shape index (κ3) is 23.8. The summed E-state index contributed by atoms with van der Waals surface area (Å²) in [5.74, 6) is -1.63. The summed E-state index contributed by atoms with van der Waals surface area (Å²) >= 11 is 0. The Kier molecular flexibility index (Phi) is 26.2. The van der Waals surface area contributed by atoms with Crippen LogP contribution in [0, 0.1) is 5.92 Å². The van der Waals surface area contributed by atoms with Crippen LogP contribution in [0.1, 0.15) is 150 Å². The number of methoxy groups -OCH3 is 1. The van der Waals surface area contributed by atoms with Crippen molar-refractivity contribution in [2.75, 3.05) is 20.2 Å². The van der Waals surface area contributed by atoms with Crippen LogP contribution in [-0.2, 0) is 28.7 Å². The summed E-state index contributed by atoms with van der Waals surface area (Å²) in [5, 5.41) is 11.1. The standard InChI is InChI=1S/C34H64N4O6/c1-6-8-10-12-14-16-18-22-29(39)35-24-20-21-28(37-30(40)23-19-17-15-13-11-9-7-2)25-31(41)36-26-32(42)38-33(27(3)4)34(43)44-5/h27-28,33H,6-26H2,1-5H3,(H,35,39)(H,36,41)(H,37,40)(H,38,42)/t28?,33-/m0/s1. The molecule has 0 aliphatic heterocycles. The van der Waals surface area contributed by atoms with Crippen molar-refractivity contribution in [1.82, 2.24) is 21.3 Å². The Hall–Kier alpha value is -2.65. The van der Waals surface area contributed by atoms with E-state index >= 15 is 0 Å². The predicted octanol–water partition coefficient (Wildman–Crippen LogP) is 5.47. The molecule has 0 spiro atoms. The third-order valence-corrected chi connectivity index (χ3v) is 7.75. The van der Waals surface area contributed by atoms with E-state index in [-0.39, 0.29) is 36.6 Å². The maximum Gasteiger partial charge on any atom is 0.328 e. The van der Waals surface area contributed by atoms with Gasteiger partial charge in [-0.25, -0.2) is 4.79 Å². The molecule has 0 aromatic carbocycles. The highest BCUT2D eigenvalue weighted by Gasteiger charge is 2.25. The minimum absolute atomic E-state index is 0.0205. The molecule has 256 valence electrons. The zero-order valence-electron chi connectivity index (χ0n) is 28.5. The van der Waals surface area contributed by atoms with Gasteiger partial charge in [0.1, 0.15) is 6.04 Å². The summed E-state index contributed by atoms with van der Waals surface area (Å²) in [4.78, 5) is 61.9. The molecule has 0 fully saturated rings. The van der Waals surface area contributed by atoms with Gasteiger partial charge in [0.15, 0.2) is 0 Å². The zero-order valence-corrected chi connectivity index (χ0v) is 28.5. The van der Waals surface area contributed by atoms with Gasteiger partial charge < -0.3 is 26.0 Å². The summed E-state index contributed by atoms with van der Waals surface area (Å²) < 4.78 is 4.74. The van der Waals surface area contributed by atoms with Crippen LogP contribution in [0.4, 0.5) is 0 Å². The predicted molar refractivity (Wildman–Crippen MR) is 176 cm³/mol. The van der Waals surface area contributed by atoms with Gasteiger partial charge in [0.25, 0.3) is 0 Å². The first-order valence-electron chi connectivity index (χ1n) is 17.3. The molecule has 1 unspecified atom stereocenters. The Morgan fingerprint density at radius 3 is 1.64 bits per heavy atom. The highest BCUT2D eigenvalue weighted by Crippen LogP contribution is 2.11. The SMILES string of the molecule is CCCCCCCCCC(=O)NCCCC(CC(=O)NCC(=O)N[C@H](C(=O)OC)C(C)C)NC(=O)CCCCCCCCC. The number of carbonyl (C=O) groups is 5. The van der Waals surface area contributed by atoms with E-state index in [4.69, 9.17) is 4.74 Å². The van der Waals surface area contributed by atoms with Crippen LogP contribution in [-0.4, -0.2) is 61.9 Å². The summed E-state index contributed by atoms with van der Waals surface area (Å²) in [5.41, 5.74) is 0. The first kappa shape index (κ1) is 41.4. The number of esters is 1. The van der Waals surface area contributed by atoms with Gasteiger partial charge in [-0.1, -0.05) is 105 Å². The van der Waals surface area contributed by atoms with Crippen molar-refractivity contribution in [2.45, 2.75) is 162 Å². The first-order valence-corrected chi connectivity index (χ1v) is 17.3. The number of nitrogens with one attached hydrogen (secondary N) is 4. The summed E-state index contributed by atoms with van der Waals surface area (Å²) in [6, 6.07) is -1.21. The van der Waals surface area contributed by atoms with E-state index in [2.05, 4.69) is 35.1 Å². The molecule has 0 aliphatic carbocycles. The van der Waals surface area contributed by atoms with E-state index in [0.717, 1.165) is 32.1 Å². The maximum absolute atomic E-state index is 12.7. The highest BCUT2D eigenvalue weighted by atomic mass is 16.5. The van der Waals surface area contributed by atoms with E-state index < -0.39 is 24.0 Å². The summed E-state index contributed by atoms with van der Waals surface area (Å²) in [7, 11) is 1.26. The number of ether oxygens (including phenoxy) is 1. The zero-order chi connectivity index (χ0) is 33.0. The number of rotatable bonds is 28. The van der Waals surface area contributed by atoms with Crippen molar-refractivity contribution in [2.24, 2.45) is 5.92 Å². The Bertz CT molecular complexity index is 805. The van der Waals surface area contributed by atoms with Gasteiger partial charge >= 0.3 is 5.97 Å². The molecule has 0 aliphatic rings. The second kappa shape index (κ2) is 27.9. The molecule has 2 atom stereocenters. The van der Waals surface area contributed by atoms with Crippen LogP contribution < -0.4 is 21.3 Å². The molecule has 10 nitrogen and oxygen atoms in total. The number of carbonyl (C=O) groups excluding carboxylic acids is 5. The van der Waals surface area contributed by atoms with Gasteiger partial charge in [-0.05, 0) is 31.6 Å². The molecule has 10 heteroatoms. The van der Waals surface area contributed by atoms with Crippen molar-refractivity contribution in [3.05, 3.63) is 0 Å². The Morgan fingerprint density at radius 1 is 0.591 bits per heavy atom. The maximum atomic E-state index is 12.7. The average Bonchev–Trinajstić information content (AvgIpc) is 2.99. The smallest absolute Gasteiger partial charge is 0.328 e. The van der Waals surface area contributed by atoms with Crippen molar-refractivity contribution >= 4 is 29.6 Å². The average molecular weight is 625 g/mol. The Morgan fingerprint density at radius 2 is 1.11 bits per heavy atom. The lowest BCUT2D eigenvalue weighted by atomic mass is 10.0. The fourth-order valence-electron chi connectivity index (χ4n) is 5.00. The molecule has 44 heavy (non-hydrogen) atoms. The monoisotopic (exact) mass is 624 g/mol. The van der Waals surface area contributed by atoms with Gasteiger partial charge in [0.2, 0.25) is 23.6 Å². The molecule has 0 saturated heterocycles. The molecular weight excluding hydrogens is 560 g/mol. The van der Waals surface area contributed by atoms with E-state index in [1.54, 1.807) is 13.8 Å². The molecule has 0 rings (SSSR count). The van der Waals surface area contributed by atoms with Crippen LogP contribution in [0.3, 0.4) is 0 Å². The summed E-state index contributed by atoms with van der Waals surface area (Å²) in [6.45, 7) is 8.16. The second-order valence-corrected chi connectivity index (χ2v) is 12.3. The van der Waals surface area contributed by atoms with Crippen LogP contribution in [0.25, 0.3) is 0 Å². The Balaban J connectivity index is 4.69. The topological polar surface area (TPSA) is 143 Å². The highest BCUT2D eigenvalue weighted by molar-refractivity contribution is 5.88. The molecule has 0 bridgehead atoms. The van der Waals surface area contributed by atoms with Crippen LogP contribution in [0.15, 0.2) is 0 Å². The number of amides is 4. The molecule has 0 radical (unpaired) electrons. The van der Waals surface area contributed by atoms with E-state index in [0.29, 0.717) is 32.2 Å². The minimum Gasteiger partial charge on any atom is -0.467 e. The number of unbranched alkanes of at least 4 members (excludes halogenated alkanes) is 12. The Labute approximate surface area is 267 Å². The van der Waals surface area contributed by atoms with Crippen LogP contribution in [0.5, 0.6) is 0 Å². The van der Waals surface area contributed by atoms with Gasteiger partial charge in [0, 0.05) is 31.8 Å². The lowest BCUT2D eigenvalue weighted by molar-refractivity contribution is -0.146. The quantitative estimate of drug-likeness (QED) is 0.0672. The third-order valence-electron chi connectivity index (χ3n) is 7.75. The lowest BCUT2D eigenvalue weighted by Crippen LogP contribution is -2.49. The molecule has 0 aromatic heterocycles. The molecule has 0 saturated carbocycles. The fraction of sp³-hybridized carbons (Fsp3) is 0.853. The molecule has 4 amide bonds. The van der Waals surface area contributed by atoms with Gasteiger partial charge in [-0.3, -0.25) is 19.2 Å². The molecule has 0 heterocycles. The number of hydrogen-bond donors (Lipinski definition) is 4. The normalized spacial score (nSPS) is 12.3. The lowest BCUT2D eigenvalue weighted by Gasteiger charge is -2.21. The van der Waals surface area contributed by atoms with Crippen molar-refractivity contribution < 1.29 is 28.7 Å². The number of hydrogen-bond acceptors (Lipinski definition) is 6. The van der Waals surface area contributed by atoms with E-state index in [9.17, 15) is 24.0 Å². The largest absolute Gasteiger partial charge is 0.467 e.